The lowest BCUT2D eigenvalue weighted by Gasteiger charge is -2.32. The molecule has 0 radical (unpaired) electrons. The second-order valence-corrected chi connectivity index (χ2v) is 11.5. The summed E-state index contributed by atoms with van der Waals surface area (Å²) in [6.07, 6.45) is 1.09. The average Bonchev–Trinajstić information content (AvgIpc) is 2.84. The Kier molecular flexibility index (Phi) is 8.74. The van der Waals surface area contributed by atoms with Crippen LogP contribution in [-0.2, 0) is 26.2 Å². The predicted molar refractivity (Wildman–Crippen MR) is 145 cm³/mol. The third kappa shape index (κ3) is 6.85. The predicted octanol–water partition coefficient (Wildman–Crippen LogP) is 4.10. The van der Waals surface area contributed by atoms with Gasteiger partial charge < -0.3 is 10.2 Å². The van der Waals surface area contributed by atoms with Gasteiger partial charge in [-0.2, -0.15) is 0 Å². The molecule has 0 aliphatic carbocycles. The number of hydrogen-bond donors (Lipinski definition) is 1. The summed E-state index contributed by atoms with van der Waals surface area (Å²) in [5.74, 6) is -0.476. The number of nitrogens with zero attached hydrogens (tertiary/aromatic N) is 2. The summed E-state index contributed by atoms with van der Waals surface area (Å²) in [6.45, 7) is 7.89. The number of rotatable bonds is 10. The van der Waals surface area contributed by atoms with Crippen molar-refractivity contribution in [1.29, 1.82) is 0 Å². The molecule has 0 aliphatic rings. The SMILES string of the molecule is Cc1ccc(CN(C(=O)CN(c2cccc3ccccc23)S(C)(=O)=O)C(C)C(=O)NCC(C)C)cc1. The first-order valence-corrected chi connectivity index (χ1v) is 13.9. The Bertz CT molecular complexity index is 1310. The summed E-state index contributed by atoms with van der Waals surface area (Å²) >= 11 is 0. The van der Waals surface area contributed by atoms with Crippen LogP contribution in [0.25, 0.3) is 10.8 Å². The first kappa shape index (κ1) is 27.2. The Morgan fingerprint density at radius 1 is 0.917 bits per heavy atom. The minimum Gasteiger partial charge on any atom is -0.354 e. The van der Waals surface area contributed by atoms with Crippen LogP contribution in [-0.4, -0.2) is 50.5 Å². The van der Waals surface area contributed by atoms with Crippen molar-refractivity contribution in [1.82, 2.24) is 10.2 Å². The van der Waals surface area contributed by atoms with Gasteiger partial charge in [-0.15, -0.1) is 0 Å². The van der Waals surface area contributed by atoms with Gasteiger partial charge in [-0.1, -0.05) is 80.1 Å². The quantitative estimate of drug-likeness (QED) is 0.446. The number of nitrogens with one attached hydrogen (secondary N) is 1. The van der Waals surface area contributed by atoms with Gasteiger partial charge in [-0.05, 0) is 36.8 Å². The molecule has 3 rings (SSSR count). The van der Waals surface area contributed by atoms with E-state index in [0.717, 1.165) is 32.5 Å². The number of sulfonamides is 1. The number of aryl methyl sites for hydroxylation is 1. The lowest BCUT2D eigenvalue weighted by atomic mass is 10.1. The first-order chi connectivity index (χ1) is 17.0. The van der Waals surface area contributed by atoms with Crippen molar-refractivity contribution >= 4 is 38.3 Å². The van der Waals surface area contributed by atoms with Gasteiger partial charge in [0.2, 0.25) is 21.8 Å². The Hall–Kier alpha value is -3.39. The van der Waals surface area contributed by atoms with Crippen LogP contribution in [0.3, 0.4) is 0 Å². The fraction of sp³-hybridized carbons (Fsp3) is 0.357. The minimum atomic E-state index is -3.80. The van der Waals surface area contributed by atoms with E-state index in [-0.39, 0.29) is 18.4 Å². The van der Waals surface area contributed by atoms with Crippen LogP contribution in [0.15, 0.2) is 66.7 Å². The number of hydrogen-bond acceptors (Lipinski definition) is 4. The van der Waals surface area contributed by atoms with Crippen LogP contribution in [0.5, 0.6) is 0 Å². The van der Waals surface area contributed by atoms with Crippen LogP contribution < -0.4 is 9.62 Å². The molecule has 0 saturated carbocycles. The Morgan fingerprint density at radius 2 is 1.56 bits per heavy atom. The Labute approximate surface area is 214 Å². The first-order valence-electron chi connectivity index (χ1n) is 12.1. The van der Waals surface area contributed by atoms with Crippen LogP contribution in [0.1, 0.15) is 31.9 Å². The molecule has 0 fully saturated rings. The smallest absolute Gasteiger partial charge is 0.244 e. The molecule has 2 amide bonds. The fourth-order valence-corrected chi connectivity index (χ4v) is 4.81. The van der Waals surface area contributed by atoms with Crippen molar-refractivity contribution < 1.29 is 18.0 Å². The highest BCUT2D eigenvalue weighted by atomic mass is 32.2. The molecule has 0 aromatic heterocycles. The van der Waals surface area contributed by atoms with Crippen molar-refractivity contribution in [2.45, 2.75) is 40.3 Å². The second-order valence-electron chi connectivity index (χ2n) is 9.59. The molecule has 0 saturated heterocycles. The normalized spacial score (nSPS) is 12.4. The van der Waals surface area contributed by atoms with Crippen molar-refractivity contribution in [3.05, 3.63) is 77.9 Å². The summed E-state index contributed by atoms with van der Waals surface area (Å²) in [5, 5.41) is 4.48. The Balaban J connectivity index is 1.96. The van der Waals surface area contributed by atoms with E-state index in [1.165, 1.54) is 4.90 Å². The number of carbonyl (C=O) groups excluding carboxylic acids is 2. The lowest BCUT2D eigenvalue weighted by Crippen LogP contribution is -2.51. The lowest BCUT2D eigenvalue weighted by molar-refractivity contribution is -0.139. The number of benzene rings is 3. The minimum absolute atomic E-state index is 0.183. The van der Waals surface area contributed by atoms with E-state index >= 15 is 0 Å². The molecular weight excluding hydrogens is 474 g/mol. The Morgan fingerprint density at radius 3 is 2.19 bits per heavy atom. The molecule has 1 unspecified atom stereocenters. The summed E-state index contributed by atoms with van der Waals surface area (Å²) in [7, 11) is -3.80. The maximum Gasteiger partial charge on any atom is 0.244 e. The molecule has 0 bridgehead atoms. The molecule has 1 atom stereocenters. The topological polar surface area (TPSA) is 86.8 Å². The zero-order valence-electron chi connectivity index (χ0n) is 21.6. The second kappa shape index (κ2) is 11.6. The van der Waals surface area contributed by atoms with Crippen LogP contribution in [0.4, 0.5) is 5.69 Å². The molecule has 36 heavy (non-hydrogen) atoms. The summed E-state index contributed by atoms with van der Waals surface area (Å²) in [5.41, 5.74) is 2.36. The van der Waals surface area contributed by atoms with Crippen molar-refractivity contribution in [2.75, 3.05) is 23.7 Å². The van der Waals surface area contributed by atoms with Gasteiger partial charge in [-0.25, -0.2) is 8.42 Å². The standard InChI is InChI=1S/C28H35N3O4S/c1-20(2)17-29-28(33)22(4)30(18-23-15-13-21(3)14-16-23)27(32)19-31(36(5,34)35)26-12-8-10-24-9-6-7-11-25(24)26/h6-16,20,22H,17-19H2,1-5H3,(H,29,33). The highest BCUT2D eigenvalue weighted by molar-refractivity contribution is 7.92. The fourth-order valence-electron chi connectivity index (χ4n) is 3.95. The number of carbonyl (C=O) groups is 2. The molecule has 0 heterocycles. The van der Waals surface area contributed by atoms with Crippen molar-refractivity contribution in [3.8, 4) is 0 Å². The summed E-state index contributed by atoms with van der Waals surface area (Å²) in [4.78, 5) is 28.1. The monoisotopic (exact) mass is 509 g/mol. The van der Waals surface area contributed by atoms with Gasteiger partial charge >= 0.3 is 0 Å². The summed E-state index contributed by atoms with van der Waals surface area (Å²) < 4.78 is 26.9. The molecule has 1 N–H and O–H groups in total. The van der Waals surface area contributed by atoms with Gasteiger partial charge in [-0.3, -0.25) is 13.9 Å². The van der Waals surface area contributed by atoms with Gasteiger partial charge in [0, 0.05) is 18.5 Å². The van der Waals surface area contributed by atoms with Gasteiger partial charge in [0.05, 0.1) is 11.9 Å². The van der Waals surface area contributed by atoms with Gasteiger partial charge in [0.1, 0.15) is 12.6 Å². The molecule has 0 spiro atoms. The largest absolute Gasteiger partial charge is 0.354 e. The highest BCUT2D eigenvalue weighted by Crippen LogP contribution is 2.28. The van der Waals surface area contributed by atoms with E-state index in [2.05, 4.69) is 5.32 Å². The molecule has 7 nitrogen and oxygen atoms in total. The maximum absolute atomic E-state index is 13.7. The third-order valence-electron chi connectivity index (χ3n) is 6.04. The van der Waals surface area contributed by atoms with Crippen LogP contribution >= 0.6 is 0 Å². The molecule has 0 aliphatic heterocycles. The third-order valence-corrected chi connectivity index (χ3v) is 7.17. The molecule has 8 heteroatoms. The van der Waals surface area contributed by atoms with E-state index in [4.69, 9.17) is 0 Å². The van der Waals surface area contributed by atoms with Crippen molar-refractivity contribution in [2.24, 2.45) is 5.92 Å². The molecule has 3 aromatic rings. The van der Waals surface area contributed by atoms with E-state index < -0.39 is 28.5 Å². The molecular formula is C28H35N3O4S. The van der Waals surface area contributed by atoms with Crippen LogP contribution in [0.2, 0.25) is 0 Å². The van der Waals surface area contributed by atoms with E-state index in [9.17, 15) is 18.0 Å². The zero-order chi connectivity index (χ0) is 26.5. The van der Waals surface area contributed by atoms with E-state index in [1.54, 1.807) is 19.1 Å². The number of anilines is 1. The van der Waals surface area contributed by atoms with Crippen molar-refractivity contribution in [3.63, 3.8) is 0 Å². The zero-order valence-corrected chi connectivity index (χ0v) is 22.4. The molecule has 3 aromatic carbocycles. The van der Waals surface area contributed by atoms with E-state index in [0.29, 0.717) is 12.2 Å². The number of amides is 2. The van der Waals surface area contributed by atoms with Crippen LogP contribution in [0, 0.1) is 12.8 Å². The van der Waals surface area contributed by atoms with Gasteiger partial charge in [0.25, 0.3) is 0 Å². The highest BCUT2D eigenvalue weighted by Gasteiger charge is 2.30. The summed E-state index contributed by atoms with van der Waals surface area (Å²) in [6, 6.07) is 19.7. The average molecular weight is 510 g/mol. The number of fused-ring (bicyclic) bond motifs is 1. The maximum atomic E-state index is 13.7. The van der Waals surface area contributed by atoms with E-state index in [1.807, 2.05) is 75.4 Å². The molecule has 192 valence electrons. The van der Waals surface area contributed by atoms with Gasteiger partial charge in [0.15, 0.2) is 0 Å².